The van der Waals surface area contributed by atoms with Crippen LogP contribution >= 0.6 is 0 Å². The first-order chi connectivity index (χ1) is 15.9. The van der Waals surface area contributed by atoms with E-state index in [0.29, 0.717) is 25.8 Å². The zero-order chi connectivity index (χ0) is 24.6. The second-order valence-corrected chi connectivity index (χ2v) is 11.1. The topological polar surface area (TPSA) is 77.5 Å². The quantitative estimate of drug-likeness (QED) is 0.0838. The number of hydrogen-bond donors (Lipinski definition) is 0. The predicted octanol–water partition coefficient (Wildman–Crippen LogP) is 4.37. The van der Waals surface area contributed by atoms with Gasteiger partial charge in [-0.3, -0.25) is 4.79 Å². The van der Waals surface area contributed by atoms with Crippen LogP contribution in [-0.2, 0) is 14.9 Å². The van der Waals surface area contributed by atoms with Gasteiger partial charge in [0.1, 0.15) is 0 Å². The van der Waals surface area contributed by atoms with Crippen molar-refractivity contribution < 1.29 is 47.3 Å². The van der Waals surface area contributed by atoms with Crippen molar-refractivity contribution in [1.82, 2.24) is 4.90 Å². The molecule has 0 N–H and O–H groups in total. The second kappa shape index (κ2) is 26.2. The van der Waals surface area contributed by atoms with Crippen molar-refractivity contribution in [3.8, 4) is 0 Å². The zero-order valence-electron chi connectivity index (χ0n) is 22.7. The summed E-state index contributed by atoms with van der Waals surface area (Å²) in [6, 6.07) is 0. The molecule has 0 bridgehead atoms. The van der Waals surface area contributed by atoms with E-state index in [0.717, 1.165) is 12.8 Å². The summed E-state index contributed by atoms with van der Waals surface area (Å²) in [5, 5.41) is 0. The summed E-state index contributed by atoms with van der Waals surface area (Å²) in [6.45, 7) is 2.78. The summed E-state index contributed by atoms with van der Waals surface area (Å²) < 4.78 is 31.7. The smallest absolute Gasteiger partial charge is 0.748 e. The van der Waals surface area contributed by atoms with Crippen LogP contribution in [0.1, 0.15) is 135 Å². The molecule has 0 saturated heterocycles. The molecule has 7 heteroatoms. The molecule has 0 aliphatic heterocycles. The van der Waals surface area contributed by atoms with Crippen LogP contribution in [0.25, 0.3) is 0 Å². The van der Waals surface area contributed by atoms with E-state index in [1.54, 1.807) is 11.9 Å². The number of hydrogen-bond acceptors (Lipinski definition) is 4. The Morgan fingerprint density at radius 3 is 1.62 bits per heavy atom. The molecule has 0 unspecified atom stereocenters. The molecule has 5 nitrogen and oxygen atoms in total. The number of carbonyl (C=O) groups excluding carboxylic acids is 1. The normalized spacial score (nSPS) is 11.6. The number of amides is 1. The number of nitrogens with zero attached hydrogens (tertiary/aromatic N) is 1. The SMILES string of the molecule is CCCCCCCC/C=C/CCCCCCCCCCCC(=O)N(C)CCCCS(=O)(=O)[O-].[Na+]. The molecule has 0 spiro atoms. The van der Waals surface area contributed by atoms with Crippen molar-refractivity contribution in [3.63, 3.8) is 0 Å². The van der Waals surface area contributed by atoms with Gasteiger partial charge in [-0.25, -0.2) is 8.42 Å². The average molecular weight is 510 g/mol. The molecular formula is C27H52NNaO4S. The van der Waals surface area contributed by atoms with Gasteiger partial charge in [-0.05, 0) is 44.9 Å². The number of unbranched alkanes of at least 4 members (excludes halogenated alkanes) is 16. The van der Waals surface area contributed by atoms with Crippen molar-refractivity contribution in [2.75, 3.05) is 19.3 Å². The van der Waals surface area contributed by atoms with Gasteiger partial charge in [-0.2, -0.15) is 0 Å². The van der Waals surface area contributed by atoms with Gasteiger partial charge in [0.15, 0.2) is 0 Å². The van der Waals surface area contributed by atoms with E-state index in [2.05, 4.69) is 19.1 Å². The Kier molecular flexibility index (Phi) is 27.9. The van der Waals surface area contributed by atoms with Gasteiger partial charge in [0.2, 0.25) is 5.91 Å². The van der Waals surface area contributed by atoms with Crippen LogP contribution < -0.4 is 29.6 Å². The molecule has 0 fully saturated rings. The van der Waals surface area contributed by atoms with Crippen LogP contribution in [0, 0.1) is 0 Å². The summed E-state index contributed by atoms with van der Waals surface area (Å²) in [7, 11) is -2.39. The third-order valence-corrected chi connectivity index (χ3v) is 7.00. The minimum Gasteiger partial charge on any atom is -0.748 e. The molecular weight excluding hydrogens is 457 g/mol. The fraction of sp³-hybridized carbons (Fsp3) is 0.889. The fourth-order valence-electron chi connectivity index (χ4n) is 4.00. The van der Waals surface area contributed by atoms with Crippen LogP contribution in [0.4, 0.5) is 0 Å². The zero-order valence-corrected chi connectivity index (χ0v) is 25.5. The van der Waals surface area contributed by atoms with Crippen molar-refractivity contribution >= 4 is 16.0 Å². The van der Waals surface area contributed by atoms with E-state index in [1.807, 2.05) is 0 Å². The van der Waals surface area contributed by atoms with E-state index in [9.17, 15) is 17.8 Å². The Labute approximate surface area is 234 Å². The molecule has 0 heterocycles. The Morgan fingerprint density at radius 1 is 0.706 bits per heavy atom. The Hall–Kier alpha value is 0.120. The van der Waals surface area contributed by atoms with Crippen molar-refractivity contribution in [2.24, 2.45) is 0 Å². The third-order valence-electron chi connectivity index (χ3n) is 6.22. The molecule has 0 aliphatic carbocycles. The van der Waals surface area contributed by atoms with Crippen LogP contribution in [0.2, 0.25) is 0 Å². The molecule has 0 rings (SSSR count). The molecule has 0 radical (unpaired) electrons. The summed E-state index contributed by atoms with van der Waals surface area (Å²) in [5.41, 5.74) is 0. The van der Waals surface area contributed by atoms with E-state index >= 15 is 0 Å². The Bertz CT molecular complexity index is 581. The molecule has 0 aliphatic rings. The van der Waals surface area contributed by atoms with Crippen LogP contribution in [0.15, 0.2) is 12.2 Å². The maximum absolute atomic E-state index is 12.1. The third kappa shape index (κ3) is 28.4. The largest absolute Gasteiger partial charge is 1.00 e. The van der Waals surface area contributed by atoms with Gasteiger partial charge in [0, 0.05) is 25.8 Å². The minimum atomic E-state index is -4.14. The average Bonchev–Trinajstić information content (AvgIpc) is 2.77. The first-order valence-electron chi connectivity index (χ1n) is 13.7. The maximum Gasteiger partial charge on any atom is 1.00 e. The van der Waals surface area contributed by atoms with Crippen LogP contribution in [0.5, 0.6) is 0 Å². The van der Waals surface area contributed by atoms with Crippen LogP contribution in [-0.4, -0.2) is 43.1 Å². The maximum atomic E-state index is 12.1. The molecule has 0 aromatic heterocycles. The van der Waals surface area contributed by atoms with Gasteiger partial charge in [0.05, 0.1) is 10.1 Å². The van der Waals surface area contributed by atoms with Gasteiger partial charge < -0.3 is 9.45 Å². The van der Waals surface area contributed by atoms with Gasteiger partial charge in [-0.15, -0.1) is 0 Å². The van der Waals surface area contributed by atoms with Crippen molar-refractivity contribution in [1.29, 1.82) is 0 Å². The van der Waals surface area contributed by atoms with Gasteiger partial charge >= 0.3 is 29.6 Å². The van der Waals surface area contributed by atoms with Crippen LogP contribution in [0.3, 0.4) is 0 Å². The summed E-state index contributed by atoms with van der Waals surface area (Å²) >= 11 is 0. The number of carbonyl (C=O) groups is 1. The molecule has 196 valence electrons. The fourth-order valence-corrected chi connectivity index (χ4v) is 4.56. The Balaban J connectivity index is 0. The summed E-state index contributed by atoms with van der Waals surface area (Å²) in [6.07, 6.45) is 28.0. The standard InChI is InChI=1S/C27H53NO4S.Na/c1-3-4-5-6-7-8-9-10-11-12-13-14-15-16-17-18-19-20-21-24-27(29)28(2)25-22-23-26-33(30,31)32;/h10-11H,3-9,12-26H2,1-2H3,(H,30,31,32);/q;+1/p-1/b11-10+;. The monoisotopic (exact) mass is 509 g/mol. The van der Waals surface area contributed by atoms with E-state index in [1.165, 1.54) is 96.3 Å². The van der Waals surface area contributed by atoms with Crippen molar-refractivity contribution in [3.05, 3.63) is 12.2 Å². The van der Waals surface area contributed by atoms with Gasteiger partial charge in [-0.1, -0.05) is 96.1 Å². The number of allylic oxidation sites excluding steroid dienone is 2. The molecule has 0 atom stereocenters. The van der Waals surface area contributed by atoms with E-state index in [-0.39, 0.29) is 41.2 Å². The summed E-state index contributed by atoms with van der Waals surface area (Å²) in [4.78, 5) is 13.7. The van der Waals surface area contributed by atoms with Crippen molar-refractivity contribution in [2.45, 2.75) is 135 Å². The molecule has 0 aromatic carbocycles. The van der Waals surface area contributed by atoms with Gasteiger partial charge in [0.25, 0.3) is 0 Å². The summed E-state index contributed by atoms with van der Waals surface area (Å²) in [5.74, 6) is -0.230. The predicted molar refractivity (Wildman–Crippen MR) is 139 cm³/mol. The molecule has 0 saturated carbocycles. The van der Waals surface area contributed by atoms with E-state index < -0.39 is 10.1 Å². The molecule has 0 aromatic rings. The van der Waals surface area contributed by atoms with E-state index in [4.69, 9.17) is 0 Å². The Morgan fingerprint density at radius 2 is 1.15 bits per heavy atom. The molecule has 1 amide bonds. The minimum absolute atomic E-state index is 0. The first-order valence-corrected chi connectivity index (χ1v) is 15.3. The molecule has 34 heavy (non-hydrogen) atoms. The second-order valence-electron chi connectivity index (χ2n) is 9.53. The first kappa shape index (κ1) is 36.3. The number of rotatable bonds is 24.